The number of fused-ring (bicyclic) bond motifs is 1. The molecule has 3 rings (SSSR count). The summed E-state index contributed by atoms with van der Waals surface area (Å²) < 4.78 is 1.78. The van der Waals surface area contributed by atoms with Crippen LogP contribution in [0.2, 0.25) is 0 Å². The van der Waals surface area contributed by atoms with Gasteiger partial charge in [-0.15, -0.1) is 0 Å². The Morgan fingerprint density at radius 1 is 1.20 bits per heavy atom. The monoisotopic (exact) mass is 266 g/mol. The number of aromatic nitrogens is 3. The van der Waals surface area contributed by atoms with E-state index in [1.54, 1.807) is 23.0 Å². The van der Waals surface area contributed by atoms with Crippen molar-refractivity contribution >= 4 is 16.8 Å². The average Bonchev–Trinajstić information content (AvgIpc) is 2.88. The zero-order chi connectivity index (χ0) is 13.9. The van der Waals surface area contributed by atoms with Crippen molar-refractivity contribution in [3.63, 3.8) is 0 Å². The second-order valence-electron chi connectivity index (χ2n) is 4.33. The van der Waals surface area contributed by atoms with Crippen LogP contribution < -0.4 is 5.32 Å². The van der Waals surface area contributed by atoms with Gasteiger partial charge in [-0.1, -0.05) is 18.2 Å². The van der Waals surface area contributed by atoms with E-state index in [0.29, 0.717) is 18.2 Å². The lowest BCUT2D eigenvalue weighted by Gasteiger charge is -2.08. The Hall–Kier alpha value is -2.69. The molecule has 1 amide bonds. The molecule has 0 saturated carbocycles. The van der Waals surface area contributed by atoms with Crippen LogP contribution in [0.25, 0.3) is 16.9 Å². The minimum atomic E-state index is -0.129. The number of benzene rings is 1. The molecule has 0 spiro atoms. The molecular weight excluding hydrogens is 252 g/mol. The third-order valence-electron chi connectivity index (χ3n) is 3.03. The predicted molar refractivity (Wildman–Crippen MR) is 76.9 cm³/mol. The molecule has 0 aliphatic heterocycles. The summed E-state index contributed by atoms with van der Waals surface area (Å²) in [5.41, 5.74) is 1.46. The molecule has 0 aliphatic rings. The number of carbonyl (C=O) groups excluding carboxylic acids is 1. The lowest BCUT2D eigenvalue weighted by molar-refractivity contribution is 0.0949. The smallest absolute Gasteiger partial charge is 0.268 e. The van der Waals surface area contributed by atoms with E-state index in [-0.39, 0.29) is 5.91 Å². The molecule has 0 atom stereocenters. The Kier molecular flexibility index (Phi) is 3.16. The fourth-order valence-electron chi connectivity index (χ4n) is 2.20. The lowest BCUT2D eigenvalue weighted by Crippen LogP contribution is -2.25. The van der Waals surface area contributed by atoms with E-state index < -0.39 is 0 Å². The number of nitrogens with zero attached hydrogens (tertiary/aromatic N) is 3. The molecule has 3 aromatic rings. The van der Waals surface area contributed by atoms with Crippen LogP contribution in [-0.4, -0.2) is 27.0 Å². The maximum absolute atomic E-state index is 12.2. The number of hydrogen-bond donors (Lipinski definition) is 1. The number of carbonyl (C=O) groups is 1. The van der Waals surface area contributed by atoms with E-state index in [4.69, 9.17) is 0 Å². The Labute approximate surface area is 116 Å². The highest BCUT2D eigenvalue weighted by Gasteiger charge is 2.17. The summed E-state index contributed by atoms with van der Waals surface area (Å²) in [5.74, 6) is 0.367. The van der Waals surface area contributed by atoms with Gasteiger partial charge in [0.2, 0.25) is 5.95 Å². The molecule has 1 aromatic carbocycles. The highest BCUT2D eigenvalue weighted by atomic mass is 16.1. The van der Waals surface area contributed by atoms with Crippen molar-refractivity contribution in [1.82, 2.24) is 19.9 Å². The fraction of sp³-hybridized carbons (Fsp3) is 0.133. The largest absolute Gasteiger partial charge is 0.351 e. The maximum atomic E-state index is 12.2. The fourth-order valence-corrected chi connectivity index (χ4v) is 2.20. The second-order valence-corrected chi connectivity index (χ2v) is 4.33. The zero-order valence-corrected chi connectivity index (χ0v) is 11.1. The molecule has 2 aromatic heterocycles. The van der Waals surface area contributed by atoms with Gasteiger partial charge in [0.25, 0.3) is 5.91 Å². The summed E-state index contributed by atoms with van der Waals surface area (Å²) in [6, 6.07) is 11.4. The van der Waals surface area contributed by atoms with Crippen LogP contribution in [-0.2, 0) is 0 Å². The minimum Gasteiger partial charge on any atom is -0.351 e. The van der Waals surface area contributed by atoms with Crippen molar-refractivity contribution in [3.05, 3.63) is 54.5 Å². The Morgan fingerprint density at radius 2 is 1.95 bits per heavy atom. The first-order valence-corrected chi connectivity index (χ1v) is 6.47. The van der Waals surface area contributed by atoms with Gasteiger partial charge in [-0.3, -0.25) is 9.36 Å². The Balaban J connectivity index is 2.26. The van der Waals surface area contributed by atoms with Crippen molar-refractivity contribution in [2.45, 2.75) is 6.92 Å². The number of para-hydroxylation sites is 1. The van der Waals surface area contributed by atoms with Crippen LogP contribution in [0, 0.1) is 0 Å². The zero-order valence-electron chi connectivity index (χ0n) is 11.1. The summed E-state index contributed by atoms with van der Waals surface area (Å²) in [4.78, 5) is 20.7. The van der Waals surface area contributed by atoms with E-state index >= 15 is 0 Å². The van der Waals surface area contributed by atoms with Gasteiger partial charge in [-0.05, 0) is 25.1 Å². The van der Waals surface area contributed by atoms with Crippen molar-refractivity contribution in [3.8, 4) is 5.95 Å². The first-order valence-electron chi connectivity index (χ1n) is 6.47. The third-order valence-corrected chi connectivity index (χ3v) is 3.03. The SMILES string of the molecule is CCNC(=O)c1cc2ccccc2n1-c1ncccn1. The highest BCUT2D eigenvalue weighted by Crippen LogP contribution is 2.22. The molecule has 20 heavy (non-hydrogen) atoms. The maximum Gasteiger partial charge on any atom is 0.268 e. The van der Waals surface area contributed by atoms with Gasteiger partial charge in [0.15, 0.2) is 0 Å². The van der Waals surface area contributed by atoms with E-state index in [0.717, 1.165) is 10.9 Å². The van der Waals surface area contributed by atoms with Gasteiger partial charge in [-0.25, -0.2) is 9.97 Å². The van der Waals surface area contributed by atoms with Crippen molar-refractivity contribution in [2.75, 3.05) is 6.54 Å². The first kappa shape index (κ1) is 12.3. The van der Waals surface area contributed by atoms with Crippen LogP contribution in [0.1, 0.15) is 17.4 Å². The van der Waals surface area contributed by atoms with Crippen molar-refractivity contribution in [1.29, 1.82) is 0 Å². The minimum absolute atomic E-state index is 0.129. The molecule has 2 heterocycles. The topological polar surface area (TPSA) is 59.8 Å². The normalized spacial score (nSPS) is 10.7. The van der Waals surface area contributed by atoms with Gasteiger partial charge in [-0.2, -0.15) is 0 Å². The third kappa shape index (κ3) is 2.03. The first-order chi connectivity index (χ1) is 9.81. The van der Waals surface area contributed by atoms with Gasteiger partial charge >= 0.3 is 0 Å². The Bertz CT molecular complexity index is 749. The molecule has 0 aliphatic carbocycles. The molecule has 100 valence electrons. The van der Waals surface area contributed by atoms with E-state index in [1.807, 2.05) is 37.3 Å². The summed E-state index contributed by atoms with van der Waals surface area (Å²) in [6.45, 7) is 2.47. The van der Waals surface area contributed by atoms with Crippen LogP contribution >= 0.6 is 0 Å². The molecule has 0 fully saturated rings. The second kappa shape index (κ2) is 5.13. The molecule has 0 unspecified atom stereocenters. The van der Waals surface area contributed by atoms with Gasteiger partial charge < -0.3 is 5.32 Å². The molecule has 0 saturated heterocycles. The summed E-state index contributed by atoms with van der Waals surface area (Å²) in [5, 5.41) is 3.80. The number of nitrogens with one attached hydrogen (secondary N) is 1. The molecule has 0 radical (unpaired) electrons. The van der Waals surface area contributed by atoms with E-state index in [2.05, 4.69) is 15.3 Å². The van der Waals surface area contributed by atoms with E-state index in [1.165, 1.54) is 0 Å². The molecular formula is C15H14N4O. The summed E-state index contributed by atoms with van der Waals surface area (Å²) >= 11 is 0. The lowest BCUT2D eigenvalue weighted by atomic mass is 10.2. The van der Waals surface area contributed by atoms with E-state index in [9.17, 15) is 4.79 Å². The predicted octanol–water partition coefficient (Wildman–Crippen LogP) is 2.17. The number of amides is 1. The summed E-state index contributed by atoms with van der Waals surface area (Å²) in [6.07, 6.45) is 3.33. The van der Waals surface area contributed by atoms with Crippen LogP contribution in [0.5, 0.6) is 0 Å². The van der Waals surface area contributed by atoms with Gasteiger partial charge in [0.1, 0.15) is 5.69 Å². The highest BCUT2D eigenvalue weighted by molar-refractivity contribution is 5.99. The van der Waals surface area contributed by atoms with Crippen LogP contribution in [0.4, 0.5) is 0 Å². The Morgan fingerprint density at radius 3 is 2.70 bits per heavy atom. The quantitative estimate of drug-likeness (QED) is 0.790. The standard InChI is InChI=1S/C15H14N4O/c1-2-16-14(20)13-10-11-6-3-4-7-12(11)19(13)15-17-8-5-9-18-15/h3-10H,2H2,1H3,(H,16,20). The van der Waals surface area contributed by atoms with Crippen molar-refractivity contribution in [2.24, 2.45) is 0 Å². The van der Waals surface area contributed by atoms with Gasteiger partial charge in [0.05, 0.1) is 5.52 Å². The molecule has 0 bridgehead atoms. The average molecular weight is 266 g/mol. The molecule has 1 N–H and O–H groups in total. The van der Waals surface area contributed by atoms with Gasteiger partial charge in [0, 0.05) is 24.3 Å². The summed E-state index contributed by atoms with van der Waals surface area (Å²) in [7, 11) is 0. The number of hydrogen-bond acceptors (Lipinski definition) is 3. The molecule has 5 heteroatoms. The molecule has 5 nitrogen and oxygen atoms in total. The number of rotatable bonds is 3. The van der Waals surface area contributed by atoms with Crippen molar-refractivity contribution < 1.29 is 4.79 Å². The van der Waals surface area contributed by atoms with Crippen LogP contribution in [0.3, 0.4) is 0 Å². The van der Waals surface area contributed by atoms with Crippen LogP contribution in [0.15, 0.2) is 48.8 Å².